The summed E-state index contributed by atoms with van der Waals surface area (Å²) in [4.78, 5) is 46.6. The molecule has 0 radical (unpaired) electrons. The van der Waals surface area contributed by atoms with E-state index in [9.17, 15) is 19.2 Å². The summed E-state index contributed by atoms with van der Waals surface area (Å²) in [5.41, 5.74) is 0. The first-order valence-corrected chi connectivity index (χ1v) is 27.8. The normalized spacial score (nSPS) is 25.8. The molecule has 48 heavy (non-hydrogen) atoms. The van der Waals surface area contributed by atoms with Crippen LogP contribution < -0.4 is 0 Å². The number of rotatable bonds is 24. The third kappa shape index (κ3) is 19.1. The molecule has 0 aromatic carbocycles. The van der Waals surface area contributed by atoms with E-state index in [0.717, 1.165) is 101 Å². The highest BCUT2D eigenvalue weighted by Crippen LogP contribution is 2.39. The minimum absolute atomic E-state index is 0.201. The van der Waals surface area contributed by atoms with Gasteiger partial charge < -0.3 is 35.4 Å². The maximum atomic E-state index is 11.7. The van der Waals surface area contributed by atoms with Crippen LogP contribution in [0.15, 0.2) is 0 Å². The third-order valence-corrected chi connectivity index (χ3v) is 27.5. The molecule has 1 aliphatic heterocycles. The Morgan fingerprint density at radius 3 is 0.708 bits per heavy atom. The SMILES string of the molecule is COC(=O)CCCCC[Si]1(C)O[Si](C)(CCCCCC(=O)OC)O[Si](C)(CCCCCC(=O)OC)O[Si](C)(CCCCCC(=O)OC)O1. The zero-order valence-corrected chi connectivity index (χ0v) is 35.0. The molecule has 280 valence electrons. The molecule has 1 fully saturated rings. The smallest absolute Gasteiger partial charge is 0.317 e. The molecule has 16 heteroatoms. The van der Waals surface area contributed by atoms with Gasteiger partial charge in [0.05, 0.1) is 28.4 Å². The lowest BCUT2D eigenvalue weighted by molar-refractivity contribution is -0.141. The fourth-order valence-electron chi connectivity index (χ4n) is 6.30. The summed E-state index contributed by atoms with van der Waals surface area (Å²) >= 11 is 0. The van der Waals surface area contributed by atoms with Gasteiger partial charge in [-0.25, -0.2) is 0 Å². The maximum Gasteiger partial charge on any atom is 0.317 e. The average molecular weight is 753 g/mol. The Morgan fingerprint density at radius 1 is 0.354 bits per heavy atom. The van der Waals surface area contributed by atoms with E-state index >= 15 is 0 Å². The Bertz CT molecular complexity index is 823. The highest BCUT2D eigenvalue weighted by Gasteiger charge is 2.56. The zero-order valence-electron chi connectivity index (χ0n) is 31.0. The molecule has 1 rings (SSSR count). The largest absolute Gasteiger partial charge is 0.469 e. The van der Waals surface area contributed by atoms with Crippen molar-refractivity contribution >= 4 is 58.1 Å². The van der Waals surface area contributed by atoms with Crippen LogP contribution in [-0.4, -0.2) is 86.6 Å². The Kier molecular flexibility index (Phi) is 21.5. The van der Waals surface area contributed by atoms with Crippen LogP contribution in [0.2, 0.25) is 50.4 Å². The van der Waals surface area contributed by atoms with Crippen LogP contribution in [-0.2, 0) is 54.6 Å². The van der Waals surface area contributed by atoms with E-state index in [-0.39, 0.29) is 23.9 Å². The van der Waals surface area contributed by atoms with Gasteiger partial charge in [-0.15, -0.1) is 0 Å². The molecule has 0 spiro atoms. The molecule has 1 saturated heterocycles. The van der Waals surface area contributed by atoms with Gasteiger partial charge in [-0.1, -0.05) is 51.4 Å². The maximum absolute atomic E-state index is 11.7. The minimum Gasteiger partial charge on any atom is -0.469 e. The van der Waals surface area contributed by atoms with Crippen LogP contribution in [0.5, 0.6) is 0 Å². The zero-order chi connectivity index (χ0) is 36.1. The van der Waals surface area contributed by atoms with Gasteiger partial charge in [0, 0.05) is 25.7 Å². The van der Waals surface area contributed by atoms with Gasteiger partial charge in [0.25, 0.3) is 0 Å². The van der Waals surface area contributed by atoms with E-state index in [4.69, 9.17) is 35.4 Å². The molecule has 0 saturated carbocycles. The number of carbonyl (C=O) groups excluding carboxylic acids is 4. The van der Waals surface area contributed by atoms with E-state index in [1.807, 2.05) is 0 Å². The van der Waals surface area contributed by atoms with E-state index in [2.05, 4.69) is 26.2 Å². The van der Waals surface area contributed by atoms with Crippen molar-refractivity contribution < 1.29 is 54.6 Å². The van der Waals surface area contributed by atoms with Crippen LogP contribution in [0, 0.1) is 0 Å². The van der Waals surface area contributed by atoms with E-state index in [1.54, 1.807) is 0 Å². The highest BCUT2D eigenvalue weighted by atomic mass is 28.5. The molecular formula is C32H64O12Si4. The van der Waals surface area contributed by atoms with Gasteiger partial charge in [-0.05, 0) is 76.0 Å². The molecule has 0 unspecified atom stereocenters. The molecule has 12 nitrogen and oxygen atoms in total. The van der Waals surface area contributed by atoms with Gasteiger partial charge in [-0.2, -0.15) is 0 Å². The lowest BCUT2D eigenvalue weighted by atomic mass is 10.2. The number of hydrogen-bond donors (Lipinski definition) is 0. The van der Waals surface area contributed by atoms with Crippen molar-refractivity contribution in [2.45, 2.75) is 153 Å². The molecule has 0 atom stereocenters. The van der Waals surface area contributed by atoms with Gasteiger partial charge in [-0.3, -0.25) is 19.2 Å². The van der Waals surface area contributed by atoms with Crippen LogP contribution in [0.1, 0.15) is 103 Å². The lowest BCUT2D eigenvalue weighted by Crippen LogP contribution is -2.67. The van der Waals surface area contributed by atoms with Crippen molar-refractivity contribution in [2.24, 2.45) is 0 Å². The molecule has 0 aliphatic carbocycles. The second-order valence-corrected chi connectivity index (χ2v) is 27.8. The van der Waals surface area contributed by atoms with Crippen molar-refractivity contribution in [2.75, 3.05) is 28.4 Å². The van der Waals surface area contributed by atoms with E-state index in [1.165, 1.54) is 28.4 Å². The molecular weight excluding hydrogens is 689 g/mol. The van der Waals surface area contributed by atoms with Crippen LogP contribution >= 0.6 is 0 Å². The molecule has 0 aromatic rings. The summed E-state index contributed by atoms with van der Waals surface area (Å²) in [7, 11) is -5.57. The fraction of sp³-hybridized carbons (Fsp3) is 0.875. The summed E-state index contributed by atoms with van der Waals surface area (Å²) in [6.45, 7) is 8.56. The van der Waals surface area contributed by atoms with Crippen molar-refractivity contribution in [3.63, 3.8) is 0 Å². The monoisotopic (exact) mass is 752 g/mol. The molecule has 1 aliphatic rings. The number of esters is 4. The number of hydrogen-bond acceptors (Lipinski definition) is 12. The number of unbranched alkanes of at least 4 members (excludes halogenated alkanes) is 8. The van der Waals surface area contributed by atoms with Crippen LogP contribution in [0.3, 0.4) is 0 Å². The highest BCUT2D eigenvalue weighted by molar-refractivity contribution is 6.93. The Hall–Kier alpha value is -1.41. The van der Waals surface area contributed by atoms with Gasteiger partial charge in [0.15, 0.2) is 0 Å². The Labute approximate surface area is 293 Å². The fourth-order valence-corrected chi connectivity index (χ4v) is 29.9. The third-order valence-electron chi connectivity index (χ3n) is 8.69. The predicted molar refractivity (Wildman–Crippen MR) is 192 cm³/mol. The summed E-state index contributed by atoms with van der Waals surface area (Å²) in [5.74, 6) is -0.805. The first-order valence-electron chi connectivity index (χ1n) is 17.7. The molecule has 0 N–H and O–H groups in total. The van der Waals surface area contributed by atoms with E-state index < -0.39 is 34.2 Å². The topological polar surface area (TPSA) is 142 Å². The quantitative estimate of drug-likeness (QED) is 0.0423. The van der Waals surface area contributed by atoms with Crippen molar-refractivity contribution in [3.05, 3.63) is 0 Å². The molecule has 0 bridgehead atoms. The average Bonchev–Trinajstić information content (AvgIpc) is 3.02. The minimum atomic E-state index is -2.80. The van der Waals surface area contributed by atoms with Crippen molar-refractivity contribution in [3.8, 4) is 0 Å². The molecule has 0 amide bonds. The van der Waals surface area contributed by atoms with Crippen molar-refractivity contribution in [1.82, 2.24) is 0 Å². The summed E-state index contributed by atoms with van der Waals surface area (Å²) < 4.78 is 48.1. The number of ether oxygens (including phenoxy) is 4. The number of carbonyl (C=O) groups is 4. The molecule has 1 heterocycles. The van der Waals surface area contributed by atoms with Crippen molar-refractivity contribution in [1.29, 1.82) is 0 Å². The first-order chi connectivity index (χ1) is 22.6. The standard InChI is InChI=1S/C32H64O12Si4/c1-37-29(33)21-13-9-17-25-45(5)41-46(6,26-18-10-14-22-30(34)38-2)43-48(8,28-20-12-16-24-32(36)40-4)44-47(7,42-45)27-19-11-15-23-31(35)39-3/h9-28H2,1-8H3. The second kappa shape index (κ2) is 23.1. The van der Waals surface area contributed by atoms with Gasteiger partial charge >= 0.3 is 58.1 Å². The summed E-state index contributed by atoms with van der Waals surface area (Å²) in [5, 5.41) is 0. The van der Waals surface area contributed by atoms with Crippen LogP contribution in [0.4, 0.5) is 0 Å². The Morgan fingerprint density at radius 2 is 0.542 bits per heavy atom. The van der Waals surface area contributed by atoms with Gasteiger partial charge in [0.2, 0.25) is 0 Å². The lowest BCUT2D eigenvalue weighted by Gasteiger charge is -2.50. The van der Waals surface area contributed by atoms with Gasteiger partial charge in [0.1, 0.15) is 0 Å². The predicted octanol–water partition coefficient (Wildman–Crippen LogP) is 7.29. The summed E-state index contributed by atoms with van der Waals surface area (Å²) in [6, 6.07) is 3.07. The molecule has 0 aromatic heterocycles. The number of methoxy groups -OCH3 is 4. The van der Waals surface area contributed by atoms with Crippen LogP contribution in [0.25, 0.3) is 0 Å². The van der Waals surface area contributed by atoms with E-state index in [0.29, 0.717) is 25.7 Å². The Balaban J connectivity index is 3.21. The second-order valence-electron chi connectivity index (χ2n) is 13.5. The first kappa shape index (κ1) is 44.6. The summed E-state index contributed by atoms with van der Waals surface area (Å²) in [6.07, 6.45) is 11.4.